The Morgan fingerprint density at radius 3 is 2.67 bits per heavy atom. The summed E-state index contributed by atoms with van der Waals surface area (Å²) in [5, 5.41) is 2.86. The van der Waals surface area contributed by atoms with Gasteiger partial charge in [0.2, 0.25) is 0 Å². The van der Waals surface area contributed by atoms with E-state index in [1.165, 1.54) is 0 Å². The van der Waals surface area contributed by atoms with Crippen LogP contribution < -0.4 is 11.1 Å². The van der Waals surface area contributed by atoms with Gasteiger partial charge in [0.1, 0.15) is 5.69 Å². The second-order valence-electron chi connectivity index (χ2n) is 4.62. The van der Waals surface area contributed by atoms with Crippen molar-refractivity contribution in [3.8, 4) is 0 Å². The number of aryl methyl sites for hydroxylation is 1. The lowest BCUT2D eigenvalue weighted by molar-refractivity contribution is 0.0942. The minimum Gasteiger partial charge on any atom is -0.349 e. The van der Waals surface area contributed by atoms with Crippen LogP contribution in [0.1, 0.15) is 42.7 Å². The van der Waals surface area contributed by atoms with Crippen molar-refractivity contribution in [2.24, 2.45) is 11.7 Å². The van der Waals surface area contributed by atoms with Crippen molar-refractivity contribution in [3.63, 3.8) is 0 Å². The summed E-state index contributed by atoms with van der Waals surface area (Å²) in [5.74, 6) is 0.310. The first-order valence-electron chi connectivity index (χ1n) is 6.55. The number of hydrogen-bond donors (Lipinski definition) is 2. The van der Waals surface area contributed by atoms with Crippen LogP contribution in [0.2, 0.25) is 0 Å². The molecule has 1 aromatic heterocycles. The molecule has 0 saturated carbocycles. The van der Waals surface area contributed by atoms with E-state index in [0.29, 0.717) is 18.2 Å². The number of aromatic nitrogens is 1. The number of carbonyl (C=O) groups excluding carboxylic acids is 1. The van der Waals surface area contributed by atoms with Gasteiger partial charge in [-0.2, -0.15) is 0 Å². The first kappa shape index (κ1) is 14.6. The molecule has 3 N–H and O–H groups in total. The average Bonchev–Trinajstić information content (AvgIpc) is 2.38. The Morgan fingerprint density at radius 2 is 2.11 bits per heavy atom. The van der Waals surface area contributed by atoms with E-state index < -0.39 is 0 Å². The van der Waals surface area contributed by atoms with Crippen molar-refractivity contribution in [2.45, 2.75) is 39.7 Å². The molecule has 4 nitrogen and oxygen atoms in total. The van der Waals surface area contributed by atoms with Crippen LogP contribution in [0.25, 0.3) is 0 Å². The maximum Gasteiger partial charge on any atom is 0.270 e. The summed E-state index contributed by atoms with van der Waals surface area (Å²) in [6.07, 6.45) is 3.70. The number of pyridine rings is 1. The lowest BCUT2D eigenvalue weighted by atomic mass is 9.95. The van der Waals surface area contributed by atoms with E-state index in [2.05, 4.69) is 24.1 Å². The van der Waals surface area contributed by atoms with Crippen molar-refractivity contribution in [2.75, 3.05) is 6.54 Å². The Hall–Kier alpha value is -1.42. The topological polar surface area (TPSA) is 68.0 Å². The Kier molecular flexibility index (Phi) is 5.78. The third kappa shape index (κ3) is 3.81. The molecular formula is C14H23N3O. The van der Waals surface area contributed by atoms with Crippen LogP contribution in [0.3, 0.4) is 0 Å². The van der Waals surface area contributed by atoms with Crippen molar-refractivity contribution >= 4 is 5.91 Å². The highest BCUT2D eigenvalue weighted by Crippen LogP contribution is 2.11. The third-order valence-electron chi connectivity index (χ3n) is 3.38. The molecule has 1 unspecified atom stereocenters. The van der Waals surface area contributed by atoms with Crippen LogP contribution in [0.4, 0.5) is 0 Å². The molecule has 1 amide bonds. The van der Waals surface area contributed by atoms with Crippen molar-refractivity contribution < 1.29 is 4.79 Å². The highest BCUT2D eigenvalue weighted by Gasteiger charge is 2.16. The maximum absolute atomic E-state index is 11.9. The fraction of sp³-hybridized carbons (Fsp3) is 0.571. The summed E-state index contributed by atoms with van der Waals surface area (Å²) in [4.78, 5) is 16.0. The standard InChI is InChI=1S/C14H23N3O/c1-4-11(5-2)12(15)9-17-14(18)13-10(3)7-6-8-16-13/h6-8,11-12H,4-5,9,15H2,1-3H3,(H,17,18). The van der Waals surface area contributed by atoms with Gasteiger partial charge in [-0.05, 0) is 24.5 Å². The summed E-state index contributed by atoms with van der Waals surface area (Å²) in [6.45, 7) is 6.63. The highest BCUT2D eigenvalue weighted by atomic mass is 16.1. The molecule has 0 aliphatic heterocycles. The van der Waals surface area contributed by atoms with Gasteiger partial charge in [0.25, 0.3) is 5.91 Å². The second kappa shape index (κ2) is 7.11. The first-order chi connectivity index (χ1) is 8.60. The van der Waals surface area contributed by atoms with Gasteiger partial charge in [0.15, 0.2) is 0 Å². The average molecular weight is 249 g/mol. The molecule has 18 heavy (non-hydrogen) atoms. The molecule has 1 atom stereocenters. The molecule has 0 aliphatic carbocycles. The maximum atomic E-state index is 11.9. The lowest BCUT2D eigenvalue weighted by Gasteiger charge is -2.21. The highest BCUT2D eigenvalue weighted by molar-refractivity contribution is 5.93. The molecule has 0 fully saturated rings. The van der Waals surface area contributed by atoms with Gasteiger partial charge in [-0.1, -0.05) is 32.8 Å². The van der Waals surface area contributed by atoms with E-state index in [4.69, 9.17) is 5.73 Å². The fourth-order valence-electron chi connectivity index (χ4n) is 2.08. The minimum atomic E-state index is -0.144. The number of carbonyl (C=O) groups is 1. The van der Waals surface area contributed by atoms with E-state index in [-0.39, 0.29) is 11.9 Å². The lowest BCUT2D eigenvalue weighted by Crippen LogP contribution is -2.42. The molecule has 1 rings (SSSR count). The summed E-state index contributed by atoms with van der Waals surface area (Å²) >= 11 is 0. The molecule has 0 aliphatic rings. The summed E-state index contributed by atoms with van der Waals surface area (Å²) in [7, 11) is 0. The number of nitrogens with two attached hydrogens (primary N) is 1. The van der Waals surface area contributed by atoms with Crippen LogP contribution in [-0.4, -0.2) is 23.5 Å². The zero-order valence-corrected chi connectivity index (χ0v) is 11.4. The molecule has 0 radical (unpaired) electrons. The van der Waals surface area contributed by atoms with Crippen LogP contribution in [-0.2, 0) is 0 Å². The monoisotopic (exact) mass is 249 g/mol. The number of nitrogens with one attached hydrogen (secondary N) is 1. The largest absolute Gasteiger partial charge is 0.349 e. The number of rotatable bonds is 6. The Morgan fingerprint density at radius 1 is 1.44 bits per heavy atom. The second-order valence-corrected chi connectivity index (χ2v) is 4.62. The molecule has 0 spiro atoms. The Labute approximate surface area is 109 Å². The Balaban J connectivity index is 2.54. The van der Waals surface area contributed by atoms with Gasteiger partial charge in [0.05, 0.1) is 0 Å². The Bertz CT molecular complexity index is 388. The third-order valence-corrected chi connectivity index (χ3v) is 3.38. The number of amides is 1. The fourth-order valence-corrected chi connectivity index (χ4v) is 2.08. The van der Waals surface area contributed by atoms with Gasteiger partial charge in [-0.3, -0.25) is 9.78 Å². The van der Waals surface area contributed by atoms with Gasteiger partial charge < -0.3 is 11.1 Å². The van der Waals surface area contributed by atoms with E-state index in [1.54, 1.807) is 6.20 Å². The minimum absolute atomic E-state index is 0.00738. The smallest absolute Gasteiger partial charge is 0.270 e. The van der Waals surface area contributed by atoms with E-state index >= 15 is 0 Å². The molecule has 4 heteroatoms. The molecule has 0 saturated heterocycles. The van der Waals surface area contributed by atoms with Crippen molar-refractivity contribution in [1.29, 1.82) is 0 Å². The van der Waals surface area contributed by atoms with Gasteiger partial charge in [-0.25, -0.2) is 0 Å². The summed E-state index contributed by atoms with van der Waals surface area (Å²) < 4.78 is 0. The summed E-state index contributed by atoms with van der Waals surface area (Å²) in [5.41, 5.74) is 7.43. The van der Waals surface area contributed by atoms with E-state index in [0.717, 1.165) is 18.4 Å². The van der Waals surface area contributed by atoms with Crippen LogP contribution in [0, 0.1) is 12.8 Å². The van der Waals surface area contributed by atoms with Crippen LogP contribution in [0.15, 0.2) is 18.3 Å². The van der Waals surface area contributed by atoms with Crippen molar-refractivity contribution in [3.05, 3.63) is 29.6 Å². The molecular weight excluding hydrogens is 226 g/mol. The predicted octanol–water partition coefficient (Wildman–Crippen LogP) is 1.88. The van der Waals surface area contributed by atoms with Crippen LogP contribution in [0.5, 0.6) is 0 Å². The number of nitrogens with zero attached hydrogens (tertiary/aromatic N) is 1. The zero-order valence-electron chi connectivity index (χ0n) is 11.4. The molecule has 0 aromatic carbocycles. The predicted molar refractivity (Wildman–Crippen MR) is 73.4 cm³/mol. The number of hydrogen-bond acceptors (Lipinski definition) is 3. The van der Waals surface area contributed by atoms with Crippen molar-refractivity contribution in [1.82, 2.24) is 10.3 Å². The first-order valence-corrected chi connectivity index (χ1v) is 6.55. The quantitative estimate of drug-likeness (QED) is 0.809. The van der Waals surface area contributed by atoms with Crippen LogP contribution >= 0.6 is 0 Å². The molecule has 1 aromatic rings. The molecule has 0 bridgehead atoms. The van der Waals surface area contributed by atoms with Gasteiger partial charge in [-0.15, -0.1) is 0 Å². The van der Waals surface area contributed by atoms with E-state index in [1.807, 2.05) is 19.1 Å². The molecule has 1 heterocycles. The molecule has 100 valence electrons. The van der Waals surface area contributed by atoms with Gasteiger partial charge >= 0.3 is 0 Å². The van der Waals surface area contributed by atoms with Gasteiger partial charge in [0, 0.05) is 18.8 Å². The zero-order chi connectivity index (χ0) is 13.5. The van der Waals surface area contributed by atoms with E-state index in [9.17, 15) is 4.79 Å². The summed E-state index contributed by atoms with van der Waals surface area (Å²) in [6, 6.07) is 3.71. The SMILES string of the molecule is CCC(CC)C(N)CNC(=O)c1ncccc1C. The normalized spacial score (nSPS) is 12.5.